The molecule has 1 aromatic carbocycles. The Morgan fingerprint density at radius 1 is 0.440 bits per heavy atom. The number of hydrogen-bond acceptors (Lipinski definition) is 6. The summed E-state index contributed by atoms with van der Waals surface area (Å²) in [5.74, 6) is -2.01. The highest BCUT2D eigenvalue weighted by molar-refractivity contribution is 6.07. The molecule has 0 saturated carbocycles. The van der Waals surface area contributed by atoms with Crippen molar-refractivity contribution >= 4 is 23.8 Å². The van der Waals surface area contributed by atoms with Crippen molar-refractivity contribution in [3.05, 3.63) is 35.4 Å². The smallest absolute Gasteiger partial charge is 0.303 e. The second-order valence-corrected chi connectivity index (χ2v) is 13.8. The van der Waals surface area contributed by atoms with Gasteiger partial charge in [0.05, 0.1) is 11.1 Å². The van der Waals surface area contributed by atoms with Crippen molar-refractivity contribution in [3.8, 4) is 0 Å². The fourth-order valence-electron chi connectivity index (χ4n) is 6.44. The van der Waals surface area contributed by atoms with E-state index < -0.39 is 11.9 Å². The van der Waals surface area contributed by atoms with Crippen LogP contribution in [0, 0.1) is 0 Å². The number of rotatable bonds is 34. The van der Waals surface area contributed by atoms with Crippen molar-refractivity contribution in [1.82, 2.24) is 10.6 Å². The standard InChI is InChI=1S/C40H68N2O8/c43-31-21-11-3-7-15-25-33(23-13-5-1-9-17-29-37(45)46)41-39(49)35-27-19-20-28-36(35)40(50)42-34(26-16-8-4-12-22-32-44)24-14-6-2-10-18-30-38(47)48/h19-20,27-28,33-34,43-44H,1-18,21-26,29-32H2,(H,41,49)(H,42,50)(H,45,46)(H,47,48). The van der Waals surface area contributed by atoms with Crippen molar-refractivity contribution in [1.29, 1.82) is 0 Å². The number of carbonyl (C=O) groups excluding carboxylic acids is 2. The lowest BCUT2D eigenvalue weighted by molar-refractivity contribution is -0.138. The largest absolute Gasteiger partial charge is 0.481 e. The summed E-state index contributed by atoms with van der Waals surface area (Å²) in [5, 5.41) is 42.3. The topological polar surface area (TPSA) is 173 Å². The van der Waals surface area contributed by atoms with Gasteiger partial charge >= 0.3 is 11.9 Å². The number of unbranched alkanes of at least 4 members (excludes halogenated alkanes) is 16. The van der Waals surface area contributed by atoms with E-state index in [4.69, 9.17) is 20.4 Å². The van der Waals surface area contributed by atoms with Crippen LogP contribution < -0.4 is 10.6 Å². The van der Waals surface area contributed by atoms with Gasteiger partial charge in [0, 0.05) is 38.1 Å². The lowest BCUT2D eigenvalue weighted by atomic mass is 9.98. The molecule has 0 bridgehead atoms. The van der Waals surface area contributed by atoms with Gasteiger partial charge in [-0.25, -0.2) is 0 Å². The van der Waals surface area contributed by atoms with E-state index >= 15 is 0 Å². The van der Waals surface area contributed by atoms with Crippen LogP contribution in [0.5, 0.6) is 0 Å². The zero-order valence-corrected chi connectivity index (χ0v) is 30.7. The maximum absolute atomic E-state index is 13.7. The zero-order chi connectivity index (χ0) is 36.7. The summed E-state index contributed by atoms with van der Waals surface area (Å²) in [5.41, 5.74) is 0.737. The van der Waals surface area contributed by atoms with Gasteiger partial charge in [-0.1, -0.05) is 115 Å². The zero-order valence-electron chi connectivity index (χ0n) is 30.7. The maximum atomic E-state index is 13.7. The fourth-order valence-corrected chi connectivity index (χ4v) is 6.44. The number of aliphatic hydroxyl groups is 2. The predicted octanol–water partition coefficient (Wildman–Crippen LogP) is 8.18. The van der Waals surface area contributed by atoms with Gasteiger partial charge in [0.15, 0.2) is 0 Å². The highest BCUT2D eigenvalue weighted by Crippen LogP contribution is 2.18. The molecule has 0 saturated heterocycles. The number of carbonyl (C=O) groups is 4. The van der Waals surface area contributed by atoms with Crippen LogP contribution in [-0.2, 0) is 9.59 Å². The van der Waals surface area contributed by atoms with Gasteiger partial charge < -0.3 is 31.1 Å². The van der Waals surface area contributed by atoms with Gasteiger partial charge in [0.1, 0.15) is 0 Å². The van der Waals surface area contributed by atoms with Gasteiger partial charge in [-0.05, 0) is 63.5 Å². The van der Waals surface area contributed by atoms with E-state index in [9.17, 15) is 19.2 Å². The average Bonchev–Trinajstić information content (AvgIpc) is 3.09. The number of hydrogen-bond donors (Lipinski definition) is 6. The monoisotopic (exact) mass is 704 g/mol. The Kier molecular flexibility index (Phi) is 27.8. The lowest BCUT2D eigenvalue weighted by Gasteiger charge is -2.22. The molecule has 1 rings (SSSR count). The molecule has 10 nitrogen and oxygen atoms in total. The van der Waals surface area contributed by atoms with E-state index in [2.05, 4.69) is 10.6 Å². The molecular weight excluding hydrogens is 636 g/mol. The highest BCUT2D eigenvalue weighted by atomic mass is 16.4. The molecule has 0 aromatic heterocycles. The number of carboxylic acids is 2. The van der Waals surface area contributed by atoms with Crippen LogP contribution in [-0.4, -0.2) is 69.5 Å². The second kappa shape index (κ2) is 30.8. The van der Waals surface area contributed by atoms with Crippen LogP contribution in [0.25, 0.3) is 0 Å². The summed E-state index contributed by atoms with van der Waals surface area (Å²) in [6, 6.07) is 6.95. The number of aliphatic hydroxyl groups excluding tert-OH is 2. The van der Waals surface area contributed by atoms with Gasteiger partial charge in [-0.2, -0.15) is 0 Å². The Morgan fingerprint density at radius 3 is 1.02 bits per heavy atom. The minimum atomic E-state index is -0.761. The number of aliphatic carboxylic acids is 2. The van der Waals surface area contributed by atoms with E-state index in [-0.39, 0.29) is 50.0 Å². The van der Waals surface area contributed by atoms with Gasteiger partial charge in [-0.15, -0.1) is 0 Å². The molecule has 0 aliphatic carbocycles. The van der Waals surface area contributed by atoms with E-state index in [1.54, 1.807) is 24.3 Å². The maximum Gasteiger partial charge on any atom is 0.303 e. The van der Waals surface area contributed by atoms with E-state index in [0.29, 0.717) is 24.0 Å². The van der Waals surface area contributed by atoms with E-state index in [1.807, 2.05) is 0 Å². The third kappa shape index (κ3) is 24.2. The molecule has 2 amide bonds. The van der Waals surface area contributed by atoms with Crippen molar-refractivity contribution in [2.75, 3.05) is 13.2 Å². The minimum absolute atomic E-state index is 0.0236. The summed E-state index contributed by atoms with van der Waals surface area (Å²) in [4.78, 5) is 48.9. The van der Waals surface area contributed by atoms with Crippen molar-refractivity contribution in [2.24, 2.45) is 0 Å². The molecule has 2 unspecified atom stereocenters. The first kappa shape index (κ1) is 45.0. The van der Waals surface area contributed by atoms with Crippen molar-refractivity contribution < 1.29 is 39.6 Å². The molecule has 50 heavy (non-hydrogen) atoms. The molecule has 0 heterocycles. The van der Waals surface area contributed by atoms with E-state index in [1.165, 1.54) is 0 Å². The van der Waals surface area contributed by atoms with Crippen LogP contribution in [0.4, 0.5) is 0 Å². The average molecular weight is 705 g/mol. The van der Waals surface area contributed by atoms with Crippen LogP contribution in [0.1, 0.15) is 188 Å². The fraction of sp³-hybridized carbons (Fsp3) is 0.750. The Morgan fingerprint density at radius 2 is 0.720 bits per heavy atom. The first-order valence-electron chi connectivity index (χ1n) is 19.6. The summed E-state index contributed by atoms with van der Waals surface area (Å²) < 4.78 is 0. The quantitative estimate of drug-likeness (QED) is 0.0390. The highest BCUT2D eigenvalue weighted by Gasteiger charge is 2.21. The summed E-state index contributed by atoms with van der Waals surface area (Å²) in [6.07, 6.45) is 22.3. The summed E-state index contributed by atoms with van der Waals surface area (Å²) in [6.45, 7) is 0.418. The first-order valence-corrected chi connectivity index (χ1v) is 19.6. The molecule has 0 aliphatic rings. The van der Waals surface area contributed by atoms with Crippen LogP contribution in [0.15, 0.2) is 24.3 Å². The van der Waals surface area contributed by atoms with E-state index in [0.717, 1.165) is 141 Å². The molecule has 286 valence electrons. The molecule has 0 aliphatic heterocycles. The Labute approximate surface area is 301 Å². The van der Waals surface area contributed by atoms with Crippen molar-refractivity contribution in [2.45, 2.75) is 179 Å². The molecule has 0 fully saturated rings. The molecule has 2 atom stereocenters. The summed E-state index contributed by atoms with van der Waals surface area (Å²) in [7, 11) is 0. The van der Waals surface area contributed by atoms with Gasteiger partial charge in [0.25, 0.3) is 11.8 Å². The number of amides is 2. The number of carboxylic acid groups (broad SMARTS) is 2. The Balaban J connectivity index is 2.84. The predicted molar refractivity (Wildman–Crippen MR) is 198 cm³/mol. The number of benzene rings is 1. The molecule has 6 N–H and O–H groups in total. The Bertz CT molecular complexity index is 969. The molecule has 0 radical (unpaired) electrons. The third-order valence-corrected chi connectivity index (χ3v) is 9.39. The minimum Gasteiger partial charge on any atom is -0.481 e. The first-order chi connectivity index (χ1) is 24.3. The van der Waals surface area contributed by atoms with Crippen LogP contribution >= 0.6 is 0 Å². The molecule has 1 aromatic rings. The third-order valence-electron chi connectivity index (χ3n) is 9.39. The number of nitrogens with one attached hydrogen (secondary N) is 2. The van der Waals surface area contributed by atoms with Crippen LogP contribution in [0.3, 0.4) is 0 Å². The van der Waals surface area contributed by atoms with Crippen LogP contribution in [0.2, 0.25) is 0 Å². The SMILES string of the molecule is O=C(O)CCCCCCCC(CCCCCCCO)NC(=O)c1ccccc1C(=O)NC(CCCCCCCO)CCCCCCCC(=O)O. The molecule has 0 spiro atoms. The normalized spacial score (nSPS) is 12.4. The second-order valence-electron chi connectivity index (χ2n) is 13.8. The Hall–Kier alpha value is -2.98. The lowest BCUT2D eigenvalue weighted by Crippen LogP contribution is -2.38. The summed E-state index contributed by atoms with van der Waals surface area (Å²) >= 11 is 0. The van der Waals surface area contributed by atoms with Crippen molar-refractivity contribution in [3.63, 3.8) is 0 Å². The molecule has 10 heteroatoms. The molecular formula is C40H68N2O8. The van der Waals surface area contributed by atoms with Gasteiger partial charge in [0.2, 0.25) is 0 Å². The van der Waals surface area contributed by atoms with Gasteiger partial charge in [-0.3, -0.25) is 19.2 Å².